The van der Waals surface area contributed by atoms with E-state index in [2.05, 4.69) is 5.32 Å². The smallest absolute Gasteiger partial charge is 0.264 e. The molecule has 0 fully saturated rings. The van der Waals surface area contributed by atoms with Crippen LogP contribution in [0.4, 0.5) is 5.69 Å². The highest BCUT2D eigenvalue weighted by Gasteiger charge is 2.32. The number of halogens is 1. The van der Waals surface area contributed by atoms with E-state index in [0.29, 0.717) is 22.8 Å². The number of hydrogen-bond donors (Lipinski definition) is 1. The number of amides is 2. The number of nitrogens with zero attached hydrogens (tertiary/aromatic N) is 2. The molecule has 3 aromatic carbocycles. The van der Waals surface area contributed by atoms with Gasteiger partial charge in [0.05, 0.1) is 10.6 Å². The van der Waals surface area contributed by atoms with Crippen molar-refractivity contribution in [3.05, 3.63) is 95.0 Å². The fraction of sp³-hybridized carbons (Fsp3) is 0.333. The molecule has 1 atom stereocenters. The van der Waals surface area contributed by atoms with E-state index in [1.165, 1.54) is 17.0 Å². The van der Waals surface area contributed by atoms with E-state index >= 15 is 0 Å². The number of aryl methyl sites for hydroxylation is 1. The number of benzene rings is 3. The minimum Gasteiger partial charge on any atom is -0.354 e. The second-order valence-corrected chi connectivity index (χ2v) is 12.0. The third kappa shape index (κ3) is 7.83. The molecule has 39 heavy (non-hydrogen) atoms. The monoisotopic (exact) mass is 569 g/mol. The normalized spacial score (nSPS) is 12.2. The number of carbonyl (C=O) groups excluding carboxylic acids is 2. The summed E-state index contributed by atoms with van der Waals surface area (Å²) >= 11 is 6.40. The van der Waals surface area contributed by atoms with Crippen molar-refractivity contribution >= 4 is 39.1 Å². The van der Waals surface area contributed by atoms with Crippen molar-refractivity contribution in [2.75, 3.05) is 17.4 Å². The summed E-state index contributed by atoms with van der Waals surface area (Å²) in [5, 5.41) is 3.33. The maximum atomic E-state index is 13.9. The highest BCUT2D eigenvalue weighted by atomic mass is 35.5. The lowest BCUT2D eigenvalue weighted by Crippen LogP contribution is -2.51. The van der Waals surface area contributed by atoms with E-state index in [4.69, 9.17) is 11.6 Å². The zero-order valence-electron chi connectivity index (χ0n) is 22.8. The quantitative estimate of drug-likeness (QED) is 0.321. The third-order valence-electron chi connectivity index (χ3n) is 6.39. The SMILES string of the molecule is CCc1ccc(N(CC(=O)N(Cc2ccccc2Cl)[C@H](C)C(=O)NCC(C)C)S(=O)(=O)c2ccccc2)cc1. The molecule has 208 valence electrons. The number of rotatable bonds is 12. The maximum Gasteiger partial charge on any atom is 0.264 e. The van der Waals surface area contributed by atoms with Crippen LogP contribution in [0.2, 0.25) is 5.02 Å². The Morgan fingerprint density at radius 3 is 2.10 bits per heavy atom. The van der Waals surface area contributed by atoms with E-state index in [9.17, 15) is 18.0 Å². The lowest BCUT2D eigenvalue weighted by molar-refractivity contribution is -0.139. The van der Waals surface area contributed by atoms with E-state index in [0.717, 1.165) is 16.3 Å². The molecule has 0 bridgehead atoms. The second-order valence-electron chi connectivity index (χ2n) is 9.77. The predicted octanol–water partition coefficient (Wildman–Crippen LogP) is 5.29. The molecule has 0 saturated heterocycles. The molecule has 0 heterocycles. The number of nitrogens with one attached hydrogen (secondary N) is 1. The van der Waals surface area contributed by atoms with Crippen LogP contribution >= 0.6 is 11.6 Å². The van der Waals surface area contributed by atoms with Crippen molar-refractivity contribution in [1.29, 1.82) is 0 Å². The molecular weight excluding hydrogens is 534 g/mol. The Labute approximate surface area is 236 Å². The van der Waals surface area contributed by atoms with Crippen LogP contribution in [0.5, 0.6) is 0 Å². The van der Waals surface area contributed by atoms with Gasteiger partial charge in [-0.1, -0.05) is 80.9 Å². The van der Waals surface area contributed by atoms with Crippen LogP contribution in [-0.4, -0.2) is 44.3 Å². The van der Waals surface area contributed by atoms with Crippen LogP contribution in [0.15, 0.2) is 83.8 Å². The van der Waals surface area contributed by atoms with Crippen molar-refractivity contribution in [2.45, 2.75) is 51.6 Å². The van der Waals surface area contributed by atoms with Crippen molar-refractivity contribution in [1.82, 2.24) is 10.2 Å². The van der Waals surface area contributed by atoms with Crippen molar-refractivity contribution < 1.29 is 18.0 Å². The lowest BCUT2D eigenvalue weighted by atomic mass is 10.1. The van der Waals surface area contributed by atoms with Gasteiger partial charge in [0.1, 0.15) is 12.6 Å². The molecule has 0 saturated carbocycles. The van der Waals surface area contributed by atoms with Gasteiger partial charge in [-0.15, -0.1) is 0 Å². The zero-order valence-corrected chi connectivity index (χ0v) is 24.4. The van der Waals surface area contributed by atoms with Crippen LogP contribution in [0.1, 0.15) is 38.8 Å². The van der Waals surface area contributed by atoms with E-state index in [-0.39, 0.29) is 23.3 Å². The number of sulfonamides is 1. The Kier molecular flexibility index (Phi) is 10.5. The number of hydrogen-bond acceptors (Lipinski definition) is 4. The molecule has 2 amide bonds. The topological polar surface area (TPSA) is 86.8 Å². The molecule has 7 nitrogen and oxygen atoms in total. The maximum absolute atomic E-state index is 13.9. The van der Waals surface area contributed by atoms with Gasteiger partial charge in [-0.2, -0.15) is 0 Å². The molecule has 9 heteroatoms. The standard InChI is InChI=1S/C30H36ClN3O4S/c1-5-24-15-17-26(18-16-24)34(39(37,38)27-12-7-6-8-13-27)21-29(35)33(20-25-11-9-10-14-28(25)31)23(4)30(36)32-19-22(2)3/h6-18,22-23H,5,19-21H2,1-4H3,(H,32,36)/t23-/m1/s1. The van der Waals surface area contributed by atoms with Crippen LogP contribution in [0.3, 0.4) is 0 Å². The van der Waals surface area contributed by atoms with Crippen LogP contribution in [-0.2, 0) is 32.6 Å². The molecule has 1 N–H and O–H groups in total. The second kappa shape index (κ2) is 13.6. The highest BCUT2D eigenvalue weighted by molar-refractivity contribution is 7.92. The minimum absolute atomic E-state index is 0.0444. The first-order chi connectivity index (χ1) is 18.5. The Hall–Kier alpha value is -3.36. The van der Waals surface area contributed by atoms with Gasteiger partial charge in [0.15, 0.2) is 0 Å². The number of carbonyl (C=O) groups is 2. The van der Waals surface area contributed by atoms with Crippen molar-refractivity contribution in [3.8, 4) is 0 Å². The summed E-state index contributed by atoms with van der Waals surface area (Å²) < 4.78 is 28.7. The Balaban J connectivity index is 2.01. The lowest BCUT2D eigenvalue weighted by Gasteiger charge is -2.32. The van der Waals surface area contributed by atoms with Gasteiger partial charge in [-0.25, -0.2) is 8.42 Å². The molecule has 0 spiro atoms. The first-order valence-corrected chi connectivity index (χ1v) is 14.8. The summed E-state index contributed by atoms with van der Waals surface area (Å²) in [7, 11) is -4.09. The van der Waals surface area contributed by atoms with Crippen molar-refractivity contribution in [3.63, 3.8) is 0 Å². The molecule has 0 aliphatic carbocycles. The highest BCUT2D eigenvalue weighted by Crippen LogP contribution is 2.26. The summed E-state index contributed by atoms with van der Waals surface area (Å²) in [5.41, 5.74) is 2.05. The zero-order chi connectivity index (χ0) is 28.6. The summed E-state index contributed by atoms with van der Waals surface area (Å²) in [4.78, 5) is 28.4. The Morgan fingerprint density at radius 2 is 1.51 bits per heavy atom. The Bertz CT molecular complexity index is 1360. The van der Waals surface area contributed by atoms with Crippen LogP contribution in [0, 0.1) is 5.92 Å². The van der Waals surface area contributed by atoms with Gasteiger partial charge in [0.2, 0.25) is 11.8 Å². The average molecular weight is 570 g/mol. The molecule has 0 radical (unpaired) electrons. The average Bonchev–Trinajstić information content (AvgIpc) is 2.94. The first kappa shape index (κ1) is 30.2. The predicted molar refractivity (Wildman–Crippen MR) is 156 cm³/mol. The minimum atomic E-state index is -4.09. The van der Waals surface area contributed by atoms with Gasteiger partial charge in [-0.3, -0.25) is 13.9 Å². The van der Waals surface area contributed by atoms with Gasteiger partial charge in [-0.05, 0) is 60.7 Å². The molecule has 0 aliphatic rings. The fourth-order valence-electron chi connectivity index (χ4n) is 3.99. The van der Waals surface area contributed by atoms with Gasteiger partial charge < -0.3 is 10.2 Å². The fourth-order valence-corrected chi connectivity index (χ4v) is 5.62. The molecular formula is C30H36ClN3O4S. The summed E-state index contributed by atoms with van der Waals surface area (Å²) in [6.07, 6.45) is 0.791. The van der Waals surface area contributed by atoms with E-state index in [1.807, 2.05) is 32.9 Å². The van der Waals surface area contributed by atoms with Crippen LogP contribution < -0.4 is 9.62 Å². The Morgan fingerprint density at radius 1 is 0.897 bits per heavy atom. The largest absolute Gasteiger partial charge is 0.354 e. The third-order valence-corrected chi connectivity index (χ3v) is 8.55. The van der Waals surface area contributed by atoms with Gasteiger partial charge in [0, 0.05) is 18.1 Å². The van der Waals surface area contributed by atoms with Crippen LogP contribution in [0.25, 0.3) is 0 Å². The molecule has 0 unspecified atom stereocenters. The molecule has 3 aromatic rings. The summed E-state index contributed by atoms with van der Waals surface area (Å²) in [6.45, 7) is 7.61. The van der Waals surface area contributed by atoms with Gasteiger partial charge >= 0.3 is 0 Å². The molecule has 3 rings (SSSR count). The van der Waals surface area contributed by atoms with E-state index in [1.54, 1.807) is 61.5 Å². The number of anilines is 1. The summed E-state index contributed by atoms with van der Waals surface area (Å²) in [5.74, 6) is -0.624. The van der Waals surface area contributed by atoms with Crippen molar-refractivity contribution in [2.24, 2.45) is 5.92 Å². The first-order valence-electron chi connectivity index (χ1n) is 13.0. The molecule has 0 aromatic heterocycles. The van der Waals surface area contributed by atoms with Gasteiger partial charge in [0.25, 0.3) is 10.0 Å². The van der Waals surface area contributed by atoms with E-state index < -0.39 is 28.5 Å². The summed E-state index contributed by atoms with van der Waals surface area (Å²) in [6, 6.07) is 21.3. The molecule has 0 aliphatic heterocycles.